The van der Waals surface area contributed by atoms with Crippen LogP contribution < -0.4 is 10.5 Å². The smallest absolute Gasteiger partial charge is 0.263 e. The average Bonchev–Trinajstić information content (AvgIpc) is 2.67. The Kier molecular flexibility index (Phi) is 3.18. The minimum Gasteiger partial charge on any atom is -0.397 e. The predicted molar refractivity (Wildman–Crippen MR) is 70.0 cm³/mol. The summed E-state index contributed by atoms with van der Waals surface area (Å²) in [5.74, 6) is 0.223. The quantitative estimate of drug-likeness (QED) is 0.748. The summed E-state index contributed by atoms with van der Waals surface area (Å²) in [7, 11) is -3.71. The van der Waals surface area contributed by atoms with Crippen molar-refractivity contribution in [3.63, 3.8) is 0 Å². The van der Waals surface area contributed by atoms with Gasteiger partial charge in [0, 0.05) is 11.8 Å². The van der Waals surface area contributed by atoms with Crippen LogP contribution in [0.1, 0.15) is 5.69 Å². The second-order valence-corrected chi connectivity index (χ2v) is 5.81. The molecule has 1 aromatic heterocycles. The van der Waals surface area contributed by atoms with Gasteiger partial charge in [-0.3, -0.25) is 9.82 Å². The molecule has 0 bridgehead atoms. The molecule has 0 aliphatic carbocycles. The number of H-pyrrole nitrogens is 1. The maximum absolute atomic E-state index is 12.0. The first-order valence-corrected chi connectivity index (χ1v) is 6.84. The summed E-state index contributed by atoms with van der Waals surface area (Å²) in [6, 6.07) is 5.68. The van der Waals surface area contributed by atoms with Crippen molar-refractivity contribution in [2.45, 2.75) is 11.8 Å². The molecular weight excluding hydrogens is 276 g/mol. The van der Waals surface area contributed by atoms with Gasteiger partial charge in [0.1, 0.15) is 0 Å². The molecule has 1 heterocycles. The van der Waals surface area contributed by atoms with E-state index in [1.165, 1.54) is 18.2 Å². The lowest BCUT2D eigenvalue weighted by molar-refractivity contribution is 0.601. The zero-order valence-corrected chi connectivity index (χ0v) is 11.0. The van der Waals surface area contributed by atoms with Crippen LogP contribution in [0.15, 0.2) is 29.2 Å². The van der Waals surface area contributed by atoms with E-state index in [-0.39, 0.29) is 16.4 Å². The van der Waals surface area contributed by atoms with Crippen LogP contribution in [-0.2, 0) is 10.0 Å². The second-order valence-electron chi connectivity index (χ2n) is 3.73. The summed E-state index contributed by atoms with van der Waals surface area (Å²) in [5, 5.41) is 6.74. The summed E-state index contributed by atoms with van der Waals surface area (Å²) in [4.78, 5) is 0.0325. The Morgan fingerprint density at radius 2 is 2.11 bits per heavy atom. The van der Waals surface area contributed by atoms with Crippen molar-refractivity contribution < 1.29 is 8.42 Å². The number of aryl methyl sites for hydroxylation is 1. The molecule has 0 saturated carbocycles. The lowest BCUT2D eigenvalue weighted by atomic mass is 10.3. The van der Waals surface area contributed by atoms with Crippen LogP contribution in [-0.4, -0.2) is 18.6 Å². The highest BCUT2D eigenvalue weighted by Gasteiger charge is 2.16. The lowest BCUT2D eigenvalue weighted by Gasteiger charge is -2.06. The number of aromatic nitrogens is 2. The van der Waals surface area contributed by atoms with Crippen molar-refractivity contribution in [1.29, 1.82) is 0 Å². The number of nitrogen functional groups attached to an aromatic ring is 1. The van der Waals surface area contributed by atoms with Crippen LogP contribution in [0.2, 0.25) is 5.02 Å². The van der Waals surface area contributed by atoms with Crippen molar-refractivity contribution >= 4 is 33.1 Å². The molecule has 2 aromatic rings. The standard InChI is InChI=1S/C10H11ClN4O2S/c1-6-4-10(14-13-6)15-18(16,17)7-2-3-8(11)9(12)5-7/h2-5H,12H2,1H3,(H2,13,14,15). The second kappa shape index (κ2) is 4.51. The molecule has 0 atom stereocenters. The topological polar surface area (TPSA) is 101 Å². The maximum Gasteiger partial charge on any atom is 0.263 e. The molecule has 0 amide bonds. The Hall–Kier alpha value is -1.73. The van der Waals surface area contributed by atoms with Gasteiger partial charge in [-0.05, 0) is 25.1 Å². The fourth-order valence-corrected chi connectivity index (χ4v) is 2.50. The van der Waals surface area contributed by atoms with Gasteiger partial charge in [-0.1, -0.05) is 11.6 Å². The summed E-state index contributed by atoms with van der Waals surface area (Å²) in [6.45, 7) is 1.77. The van der Waals surface area contributed by atoms with Gasteiger partial charge in [-0.2, -0.15) is 5.10 Å². The van der Waals surface area contributed by atoms with E-state index in [2.05, 4.69) is 14.9 Å². The summed E-state index contributed by atoms with van der Waals surface area (Å²) < 4.78 is 26.4. The van der Waals surface area contributed by atoms with Crippen molar-refractivity contribution in [3.05, 3.63) is 35.0 Å². The Balaban J connectivity index is 2.33. The fourth-order valence-electron chi connectivity index (χ4n) is 1.36. The number of benzene rings is 1. The fraction of sp³-hybridized carbons (Fsp3) is 0.100. The number of anilines is 2. The normalized spacial score (nSPS) is 11.4. The zero-order chi connectivity index (χ0) is 13.3. The van der Waals surface area contributed by atoms with Gasteiger partial charge in [0.15, 0.2) is 5.82 Å². The molecule has 0 radical (unpaired) electrons. The third-order valence-corrected chi connectivity index (χ3v) is 3.92. The van der Waals surface area contributed by atoms with Crippen molar-refractivity contribution in [2.24, 2.45) is 0 Å². The van der Waals surface area contributed by atoms with Crippen molar-refractivity contribution in [3.8, 4) is 0 Å². The van der Waals surface area contributed by atoms with Gasteiger partial charge in [0.2, 0.25) is 0 Å². The van der Waals surface area contributed by atoms with E-state index in [0.717, 1.165) is 5.69 Å². The van der Waals surface area contributed by atoms with Gasteiger partial charge in [-0.15, -0.1) is 0 Å². The Morgan fingerprint density at radius 1 is 1.39 bits per heavy atom. The van der Waals surface area contributed by atoms with Crippen LogP contribution in [0.5, 0.6) is 0 Å². The van der Waals surface area contributed by atoms with Crippen LogP contribution >= 0.6 is 11.6 Å². The molecule has 0 aliphatic rings. The first kappa shape index (κ1) is 12.7. The maximum atomic E-state index is 12.0. The molecule has 6 nitrogen and oxygen atoms in total. The van der Waals surface area contributed by atoms with E-state index in [4.69, 9.17) is 17.3 Å². The SMILES string of the molecule is Cc1cc(NS(=O)(=O)c2ccc(Cl)c(N)c2)n[nH]1. The third-order valence-electron chi connectivity index (χ3n) is 2.22. The zero-order valence-electron chi connectivity index (χ0n) is 9.44. The van der Waals surface area contributed by atoms with Gasteiger partial charge in [0.25, 0.3) is 10.0 Å². The molecule has 2 rings (SSSR count). The molecule has 0 fully saturated rings. The molecule has 0 spiro atoms. The number of hydrogen-bond donors (Lipinski definition) is 3. The minimum absolute atomic E-state index is 0.0325. The van der Waals surface area contributed by atoms with Crippen LogP contribution in [0.3, 0.4) is 0 Å². The van der Waals surface area contributed by atoms with E-state index in [0.29, 0.717) is 5.02 Å². The van der Waals surface area contributed by atoms with Crippen molar-refractivity contribution in [2.75, 3.05) is 10.5 Å². The molecule has 96 valence electrons. The van der Waals surface area contributed by atoms with E-state index in [9.17, 15) is 8.42 Å². The molecule has 0 saturated heterocycles. The van der Waals surface area contributed by atoms with Crippen LogP contribution in [0, 0.1) is 6.92 Å². The summed E-state index contributed by atoms with van der Waals surface area (Å²) >= 11 is 5.74. The van der Waals surface area contributed by atoms with Crippen LogP contribution in [0.4, 0.5) is 11.5 Å². The monoisotopic (exact) mass is 286 g/mol. The van der Waals surface area contributed by atoms with Gasteiger partial charge in [0.05, 0.1) is 15.6 Å². The first-order chi connectivity index (χ1) is 8.38. The highest BCUT2D eigenvalue weighted by molar-refractivity contribution is 7.92. The molecule has 0 unspecified atom stereocenters. The molecule has 1 aromatic carbocycles. The lowest BCUT2D eigenvalue weighted by Crippen LogP contribution is -2.13. The largest absolute Gasteiger partial charge is 0.397 e. The number of nitrogens with zero attached hydrogens (tertiary/aromatic N) is 1. The molecule has 8 heteroatoms. The molecule has 0 aliphatic heterocycles. The Labute approximate surface area is 109 Å². The number of nitrogens with two attached hydrogens (primary N) is 1. The van der Waals surface area contributed by atoms with Gasteiger partial charge >= 0.3 is 0 Å². The number of rotatable bonds is 3. The molecule has 4 N–H and O–H groups in total. The predicted octanol–water partition coefficient (Wildman–Crippen LogP) is 1.75. The molecule has 18 heavy (non-hydrogen) atoms. The van der Waals surface area contributed by atoms with E-state index in [1.54, 1.807) is 13.0 Å². The van der Waals surface area contributed by atoms with E-state index in [1.807, 2.05) is 0 Å². The number of aromatic amines is 1. The number of hydrogen-bond acceptors (Lipinski definition) is 4. The van der Waals surface area contributed by atoms with Gasteiger partial charge < -0.3 is 5.73 Å². The third kappa shape index (κ3) is 2.57. The van der Waals surface area contributed by atoms with Crippen LogP contribution in [0.25, 0.3) is 0 Å². The number of sulfonamides is 1. The average molecular weight is 287 g/mol. The first-order valence-electron chi connectivity index (χ1n) is 4.98. The summed E-state index contributed by atoms with van der Waals surface area (Å²) in [6.07, 6.45) is 0. The molecular formula is C10H11ClN4O2S. The van der Waals surface area contributed by atoms with E-state index < -0.39 is 10.0 Å². The highest BCUT2D eigenvalue weighted by atomic mass is 35.5. The van der Waals surface area contributed by atoms with Gasteiger partial charge in [-0.25, -0.2) is 8.42 Å². The van der Waals surface area contributed by atoms with Crippen molar-refractivity contribution in [1.82, 2.24) is 10.2 Å². The Bertz CT molecular complexity index is 681. The number of halogens is 1. The number of nitrogens with one attached hydrogen (secondary N) is 2. The minimum atomic E-state index is -3.71. The highest BCUT2D eigenvalue weighted by Crippen LogP contribution is 2.23. The summed E-state index contributed by atoms with van der Waals surface area (Å²) in [5.41, 5.74) is 6.53. The van der Waals surface area contributed by atoms with E-state index >= 15 is 0 Å². The Morgan fingerprint density at radius 3 is 2.67 bits per heavy atom.